The summed E-state index contributed by atoms with van der Waals surface area (Å²) in [6.45, 7) is 5.27. The average Bonchev–Trinajstić information content (AvgIpc) is 1.90. The molecule has 64 valence electrons. The normalized spacial score (nSPS) is 40.1. The minimum atomic E-state index is 0.911. The van der Waals surface area contributed by atoms with E-state index in [1.165, 1.54) is 50.3 Å². The average molecular weight is 154 g/mol. The molecule has 2 fully saturated rings. The van der Waals surface area contributed by atoms with Gasteiger partial charge in [0.1, 0.15) is 0 Å². The summed E-state index contributed by atoms with van der Waals surface area (Å²) in [6, 6.07) is 0.911. The molecule has 2 saturated heterocycles. The Labute approximate surface area is 69.2 Å². The summed E-state index contributed by atoms with van der Waals surface area (Å²) in [5, 5.41) is 0. The molecular formula is C9H18N2. The van der Waals surface area contributed by atoms with E-state index >= 15 is 0 Å². The molecule has 0 unspecified atom stereocenters. The molecule has 2 aliphatic heterocycles. The van der Waals surface area contributed by atoms with Gasteiger partial charge in [-0.3, -0.25) is 4.90 Å². The van der Waals surface area contributed by atoms with Gasteiger partial charge in [0.2, 0.25) is 0 Å². The molecule has 2 aliphatic rings. The SMILES string of the molecule is [CH2-][NH+]1CCC(N2CCC2)CC1. The second kappa shape index (κ2) is 3.11. The van der Waals surface area contributed by atoms with E-state index in [9.17, 15) is 0 Å². The minimum absolute atomic E-state index is 0.911. The number of likely N-dealkylation sites (tertiary alicyclic amines) is 2. The second-order valence-electron chi connectivity index (χ2n) is 3.87. The molecule has 0 atom stereocenters. The van der Waals surface area contributed by atoms with E-state index in [1.54, 1.807) is 0 Å². The zero-order chi connectivity index (χ0) is 7.68. The minimum Gasteiger partial charge on any atom is -0.468 e. The third-order valence-electron chi connectivity index (χ3n) is 3.07. The van der Waals surface area contributed by atoms with E-state index in [0.717, 1.165) is 6.04 Å². The Morgan fingerprint density at radius 3 is 2.27 bits per heavy atom. The van der Waals surface area contributed by atoms with Crippen LogP contribution in [0.4, 0.5) is 0 Å². The van der Waals surface area contributed by atoms with Crippen molar-refractivity contribution in [1.82, 2.24) is 4.90 Å². The van der Waals surface area contributed by atoms with Gasteiger partial charge in [0, 0.05) is 18.9 Å². The molecule has 2 heterocycles. The number of quaternary nitrogens is 1. The maximum absolute atomic E-state index is 4.03. The van der Waals surface area contributed by atoms with E-state index in [0.29, 0.717) is 0 Å². The molecule has 0 aromatic carbocycles. The van der Waals surface area contributed by atoms with Crippen LogP contribution in [0, 0.1) is 7.05 Å². The molecule has 0 radical (unpaired) electrons. The highest BCUT2D eigenvalue weighted by Crippen LogP contribution is 2.16. The van der Waals surface area contributed by atoms with Crippen molar-refractivity contribution in [3.05, 3.63) is 7.05 Å². The third kappa shape index (κ3) is 1.57. The largest absolute Gasteiger partial charge is 0.468 e. The first-order valence-electron chi connectivity index (χ1n) is 4.77. The summed E-state index contributed by atoms with van der Waals surface area (Å²) in [6.07, 6.45) is 4.18. The van der Waals surface area contributed by atoms with Gasteiger partial charge in [0.25, 0.3) is 0 Å². The molecule has 0 aliphatic carbocycles. The first kappa shape index (κ1) is 7.56. The van der Waals surface area contributed by atoms with Crippen LogP contribution < -0.4 is 4.90 Å². The zero-order valence-electron chi connectivity index (χ0n) is 7.18. The summed E-state index contributed by atoms with van der Waals surface area (Å²) in [5.41, 5.74) is 0. The molecule has 0 aromatic rings. The Kier molecular flexibility index (Phi) is 2.14. The smallest absolute Gasteiger partial charge is 0.0545 e. The molecule has 11 heavy (non-hydrogen) atoms. The maximum Gasteiger partial charge on any atom is 0.0545 e. The standard InChI is InChI=1S/C9H18N2/c1-10-7-3-9(4-8-10)11-5-2-6-11/h9-10H,1-8H2. The number of nitrogens with zero attached hydrogens (tertiary/aromatic N) is 1. The highest BCUT2D eigenvalue weighted by molar-refractivity contribution is 4.79. The lowest BCUT2D eigenvalue weighted by molar-refractivity contribution is -0.859. The second-order valence-corrected chi connectivity index (χ2v) is 3.87. The van der Waals surface area contributed by atoms with E-state index in [2.05, 4.69) is 11.9 Å². The van der Waals surface area contributed by atoms with Crippen LogP contribution in [0.5, 0.6) is 0 Å². The summed E-state index contributed by atoms with van der Waals surface area (Å²) >= 11 is 0. The van der Waals surface area contributed by atoms with Gasteiger partial charge >= 0.3 is 0 Å². The van der Waals surface area contributed by atoms with Crippen molar-refractivity contribution in [1.29, 1.82) is 0 Å². The van der Waals surface area contributed by atoms with E-state index in [1.807, 2.05) is 0 Å². The van der Waals surface area contributed by atoms with Crippen LogP contribution in [-0.2, 0) is 0 Å². The monoisotopic (exact) mass is 154 g/mol. The molecule has 0 saturated carbocycles. The third-order valence-corrected chi connectivity index (χ3v) is 3.07. The Morgan fingerprint density at radius 1 is 1.18 bits per heavy atom. The van der Waals surface area contributed by atoms with Gasteiger partial charge in [-0.05, 0) is 19.5 Å². The van der Waals surface area contributed by atoms with Crippen LogP contribution in [0.15, 0.2) is 0 Å². The van der Waals surface area contributed by atoms with Crippen molar-refractivity contribution in [3.8, 4) is 0 Å². The van der Waals surface area contributed by atoms with Crippen molar-refractivity contribution in [2.75, 3.05) is 26.2 Å². The molecule has 1 N–H and O–H groups in total. The van der Waals surface area contributed by atoms with Crippen LogP contribution in [0.2, 0.25) is 0 Å². The lowest BCUT2D eigenvalue weighted by Gasteiger charge is -2.42. The van der Waals surface area contributed by atoms with Crippen molar-refractivity contribution in [2.24, 2.45) is 0 Å². The van der Waals surface area contributed by atoms with E-state index in [4.69, 9.17) is 0 Å². The predicted octanol–water partition coefficient (Wildman–Crippen LogP) is -0.469. The van der Waals surface area contributed by atoms with Gasteiger partial charge in [-0.2, -0.15) is 7.05 Å². The topological polar surface area (TPSA) is 7.68 Å². The quantitative estimate of drug-likeness (QED) is 0.502. The number of piperidine rings is 1. The number of rotatable bonds is 1. The van der Waals surface area contributed by atoms with Gasteiger partial charge in [-0.15, -0.1) is 0 Å². The van der Waals surface area contributed by atoms with Crippen LogP contribution in [-0.4, -0.2) is 37.1 Å². The summed E-state index contributed by atoms with van der Waals surface area (Å²) in [5.74, 6) is 0. The number of hydrogen-bond acceptors (Lipinski definition) is 1. The van der Waals surface area contributed by atoms with Crippen LogP contribution in [0.3, 0.4) is 0 Å². The molecule has 0 bridgehead atoms. The molecule has 2 rings (SSSR count). The molecule has 2 nitrogen and oxygen atoms in total. The first-order chi connectivity index (χ1) is 5.36. The maximum atomic E-state index is 4.03. The molecule has 0 amide bonds. The summed E-state index contributed by atoms with van der Waals surface area (Å²) < 4.78 is 0. The van der Waals surface area contributed by atoms with E-state index < -0.39 is 0 Å². The first-order valence-corrected chi connectivity index (χ1v) is 4.77. The number of hydrogen-bond donors (Lipinski definition) is 1. The fourth-order valence-corrected chi connectivity index (χ4v) is 2.08. The van der Waals surface area contributed by atoms with Gasteiger partial charge in [-0.25, -0.2) is 0 Å². The van der Waals surface area contributed by atoms with Crippen molar-refractivity contribution in [3.63, 3.8) is 0 Å². The van der Waals surface area contributed by atoms with Crippen molar-refractivity contribution in [2.45, 2.75) is 25.3 Å². The lowest BCUT2D eigenvalue weighted by Crippen LogP contribution is -3.08. The predicted molar refractivity (Wildman–Crippen MR) is 45.3 cm³/mol. The molecular weight excluding hydrogens is 136 g/mol. The molecule has 2 heteroatoms. The lowest BCUT2D eigenvalue weighted by atomic mass is 10.0. The van der Waals surface area contributed by atoms with Crippen LogP contribution >= 0.6 is 0 Å². The van der Waals surface area contributed by atoms with Crippen molar-refractivity contribution < 1.29 is 4.90 Å². The Bertz CT molecular complexity index is 124. The molecule has 0 aromatic heterocycles. The summed E-state index contributed by atoms with van der Waals surface area (Å²) in [4.78, 5) is 4.11. The summed E-state index contributed by atoms with van der Waals surface area (Å²) in [7, 11) is 4.03. The van der Waals surface area contributed by atoms with Crippen LogP contribution in [0.25, 0.3) is 0 Å². The molecule has 0 spiro atoms. The van der Waals surface area contributed by atoms with Crippen molar-refractivity contribution >= 4 is 0 Å². The van der Waals surface area contributed by atoms with Crippen LogP contribution in [0.1, 0.15) is 19.3 Å². The number of nitrogens with one attached hydrogen (secondary N) is 1. The Hall–Kier alpha value is -0.0800. The highest BCUT2D eigenvalue weighted by atomic mass is 15.2. The van der Waals surface area contributed by atoms with E-state index in [-0.39, 0.29) is 0 Å². The highest BCUT2D eigenvalue weighted by Gasteiger charge is 2.26. The van der Waals surface area contributed by atoms with Gasteiger partial charge < -0.3 is 4.90 Å². The van der Waals surface area contributed by atoms with Gasteiger partial charge in [0.15, 0.2) is 0 Å². The fourth-order valence-electron chi connectivity index (χ4n) is 2.08. The van der Waals surface area contributed by atoms with Gasteiger partial charge in [0.05, 0.1) is 13.1 Å². The Balaban J connectivity index is 1.77. The fraction of sp³-hybridized carbons (Fsp3) is 0.889. The zero-order valence-corrected chi connectivity index (χ0v) is 7.18. The van der Waals surface area contributed by atoms with Gasteiger partial charge in [-0.1, -0.05) is 0 Å². The Morgan fingerprint density at radius 2 is 1.82 bits per heavy atom.